The Kier molecular flexibility index (Phi) is 6.17. The van der Waals surface area contributed by atoms with Crippen molar-refractivity contribution in [1.29, 1.82) is 0 Å². The lowest BCUT2D eigenvalue weighted by atomic mass is 10.1. The smallest absolute Gasteiger partial charge is 0.374 e. The van der Waals surface area contributed by atoms with Crippen LogP contribution in [-0.4, -0.2) is 22.5 Å². The molecule has 0 aliphatic heterocycles. The molecule has 0 aliphatic carbocycles. The molecule has 23 heavy (non-hydrogen) atoms. The Bertz CT molecular complexity index is 668. The summed E-state index contributed by atoms with van der Waals surface area (Å²) >= 11 is 0. The van der Waals surface area contributed by atoms with Crippen LogP contribution in [-0.2, 0) is 20.9 Å². The van der Waals surface area contributed by atoms with Crippen LogP contribution in [0.3, 0.4) is 0 Å². The van der Waals surface area contributed by atoms with Gasteiger partial charge >= 0.3 is 5.97 Å². The minimum Gasteiger partial charge on any atom is -0.455 e. The van der Waals surface area contributed by atoms with Crippen LogP contribution in [0.2, 0.25) is 0 Å². The van der Waals surface area contributed by atoms with Gasteiger partial charge in [-0.25, -0.2) is 4.79 Å². The van der Waals surface area contributed by atoms with E-state index in [9.17, 15) is 14.4 Å². The average molecular weight is 311 g/mol. The first kappa shape index (κ1) is 16.5. The zero-order valence-electron chi connectivity index (χ0n) is 12.6. The van der Waals surface area contributed by atoms with Crippen molar-refractivity contribution < 1.29 is 19.1 Å². The summed E-state index contributed by atoms with van der Waals surface area (Å²) in [6, 6.07) is 12.4. The highest BCUT2D eigenvalue weighted by molar-refractivity contribution is 6.33. The lowest BCUT2D eigenvalue weighted by Gasteiger charge is -2.04. The van der Waals surface area contributed by atoms with Crippen LogP contribution in [0.4, 0.5) is 0 Å². The number of Topliss-reactive ketones (excluding diaryl/α,β-unsaturated/α-hetero) is 2. The first-order valence-electron chi connectivity index (χ1n) is 7.34. The third kappa shape index (κ3) is 5.47. The minimum absolute atomic E-state index is 0.00441. The van der Waals surface area contributed by atoms with Crippen molar-refractivity contribution in [3.8, 4) is 0 Å². The molecule has 0 atom stereocenters. The van der Waals surface area contributed by atoms with Gasteiger partial charge in [0.15, 0.2) is 5.78 Å². The van der Waals surface area contributed by atoms with Crippen LogP contribution in [0, 0.1) is 0 Å². The van der Waals surface area contributed by atoms with Crippen LogP contribution < -0.4 is 0 Å². The standard InChI is InChI=1S/C18H17NO4/c20-16(15-9-11-19-12-10-15)7-4-8-17(21)18(22)23-13-14-5-2-1-3-6-14/h1-3,5-6,9-12H,4,7-8,13H2. The number of aromatic nitrogens is 1. The normalized spacial score (nSPS) is 10.1. The quantitative estimate of drug-likeness (QED) is 0.426. The van der Waals surface area contributed by atoms with Gasteiger partial charge in [-0.2, -0.15) is 0 Å². The molecule has 0 bridgehead atoms. The van der Waals surface area contributed by atoms with Gasteiger partial charge in [0.05, 0.1) is 0 Å². The number of hydrogen-bond acceptors (Lipinski definition) is 5. The van der Waals surface area contributed by atoms with E-state index < -0.39 is 11.8 Å². The van der Waals surface area contributed by atoms with Crippen molar-refractivity contribution in [1.82, 2.24) is 4.98 Å². The Morgan fingerprint density at radius 2 is 1.61 bits per heavy atom. The van der Waals surface area contributed by atoms with Crippen LogP contribution in [0.5, 0.6) is 0 Å². The second kappa shape index (κ2) is 8.58. The van der Waals surface area contributed by atoms with E-state index in [1.807, 2.05) is 30.3 Å². The van der Waals surface area contributed by atoms with Gasteiger partial charge < -0.3 is 4.74 Å². The largest absolute Gasteiger partial charge is 0.455 e. The number of carbonyl (C=O) groups excluding carboxylic acids is 3. The Morgan fingerprint density at radius 1 is 0.913 bits per heavy atom. The molecule has 2 rings (SSSR count). The molecule has 5 nitrogen and oxygen atoms in total. The summed E-state index contributed by atoms with van der Waals surface area (Å²) in [5.41, 5.74) is 1.38. The van der Waals surface area contributed by atoms with Gasteiger partial charge in [-0.1, -0.05) is 30.3 Å². The highest BCUT2D eigenvalue weighted by Crippen LogP contribution is 2.07. The first-order chi connectivity index (χ1) is 11.2. The zero-order valence-corrected chi connectivity index (χ0v) is 12.6. The summed E-state index contributed by atoms with van der Waals surface area (Å²) in [6.45, 7) is 0.0708. The molecule has 1 aromatic heterocycles. The SMILES string of the molecule is O=C(CCCC(=O)c1ccncc1)C(=O)OCc1ccccc1. The first-order valence-corrected chi connectivity index (χ1v) is 7.34. The zero-order chi connectivity index (χ0) is 16.5. The van der Waals surface area contributed by atoms with Gasteiger partial charge in [0, 0.05) is 30.8 Å². The fourth-order valence-electron chi connectivity index (χ4n) is 2.00. The summed E-state index contributed by atoms with van der Waals surface area (Å²) in [5, 5.41) is 0. The number of ether oxygens (including phenoxy) is 1. The maximum atomic E-state index is 11.9. The number of nitrogens with zero attached hydrogens (tertiary/aromatic N) is 1. The van der Waals surface area contributed by atoms with Gasteiger partial charge in [-0.3, -0.25) is 14.6 Å². The molecule has 0 saturated carbocycles. The van der Waals surface area contributed by atoms with Crippen molar-refractivity contribution >= 4 is 17.5 Å². The molecule has 0 saturated heterocycles. The van der Waals surface area contributed by atoms with Crippen molar-refractivity contribution in [2.24, 2.45) is 0 Å². The lowest BCUT2D eigenvalue weighted by Crippen LogP contribution is -2.17. The van der Waals surface area contributed by atoms with Crippen molar-refractivity contribution in [3.05, 3.63) is 66.0 Å². The second-order valence-corrected chi connectivity index (χ2v) is 5.00. The molecule has 0 fully saturated rings. The summed E-state index contributed by atoms with van der Waals surface area (Å²) in [4.78, 5) is 39.0. The van der Waals surface area contributed by atoms with Crippen molar-refractivity contribution in [2.45, 2.75) is 25.9 Å². The molecular formula is C18H17NO4. The number of hydrogen-bond donors (Lipinski definition) is 0. The van der Waals surface area contributed by atoms with Crippen molar-refractivity contribution in [3.63, 3.8) is 0 Å². The maximum Gasteiger partial charge on any atom is 0.374 e. The number of esters is 1. The molecule has 118 valence electrons. The number of pyridine rings is 1. The molecule has 1 aromatic carbocycles. The van der Waals surface area contributed by atoms with Gasteiger partial charge in [-0.15, -0.1) is 0 Å². The predicted octanol–water partition coefficient (Wildman–Crippen LogP) is 2.75. The van der Waals surface area contributed by atoms with Gasteiger partial charge in [0.1, 0.15) is 6.61 Å². The number of ketones is 2. The fourth-order valence-corrected chi connectivity index (χ4v) is 2.00. The lowest BCUT2D eigenvalue weighted by molar-refractivity contribution is -0.154. The topological polar surface area (TPSA) is 73.3 Å². The summed E-state index contributed by atoms with van der Waals surface area (Å²) < 4.78 is 4.95. The highest BCUT2D eigenvalue weighted by atomic mass is 16.5. The van der Waals surface area contributed by atoms with Crippen molar-refractivity contribution in [2.75, 3.05) is 0 Å². The van der Waals surface area contributed by atoms with Gasteiger partial charge in [0.2, 0.25) is 5.78 Å². The molecule has 5 heteroatoms. The molecule has 1 heterocycles. The predicted molar refractivity (Wildman–Crippen MR) is 83.7 cm³/mol. The second-order valence-electron chi connectivity index (χ2n) is 5.00. The number of benzene rings is 1. The van der Waals surface area contributed by atoms with E-state index >= 15 is 0 Å². The van der Waals surface area contributed by atoms with Gasteiger partial charge in [0.25, 0.3) is 0 Å². The summed E-state index contributed by atoms with van der Waals surface area (Å²) in [7, 11) is 0. The Hall–Kier alpha value is -2.82. The highest BCUT2D eigenvalue weighted by Gasteiger charge is 2.16. The molecule has 0 unspecified atom stereocenters. The monoisotopic (exact) mass is 311 g/mol. The molecular weight excluding hydrogens is 294 g/mol. The Balaban J connectivity index is 1.70. The Morgan fingerprint density at radius 3 is 2.30 bits per heavy atom. The number of rotatable bonds is 8. The van der Waals surface area contributed by atoms with E-state index in [1.165, 1.54) is 0 Å². The summed E-state index contributed by atoms with van der Waals surface area (Å²) in [6.07, 6.45) is 3.62. The molecule has 0 N–H and O–H groups in total. The van der Waals surface area contributed by atoms with E-state index in [4.69, 9.17) is 4.74 Å². The fraction of sp³-hybridized carbons (Fsp3) is 0.222. The van der Waals surface area contributed by atoms with Crippen LogP contribution >= 0.6 is 0 Å². The molecule has 0 radical (unpaired) electrons. The van der Waals surface area contributed by atoms with E-state index in [-0.39, 0.29) is 25.2 Å². The van der Waals surface area contributed by atoms with Crippen LogP contribution in [0.15, 0.2) is 54.9 Å². The third-order valence-corrected chi connectivity index (χ3v) is 3.25. The molecule has 0 aliphatic rings. The Labute approximate surface area is 134 Å². The average Bonchev–Trinajstić information content (AvgIpc) is 2.61. The van der Waals surface area contributed by atoms with E-state index in [0.29, 0.717) is 12.0 Å². The maximum absolute atomic E-state index is 11.9. The molecule has 0 amide bonds. The van der Waals surface area contributed by atoms with E-state index in [0.717, 1.165) is 5.56 Å². The van der Waals surface area contributed by atoms with Crippen LogP contribution in [0.25, 0.3) is 0 Å². The summed E-state index contributed by atoms with van der Waals surface area (Å²) in [5.74, 6) is -1.54. The van der Waals surface area contributed by atoms with E-state index in [2.05, 4.69) is 4.98 Å². The van der Waals surface area contributed by atoms with Crippen LogP contribution in [0.1, 0.15) is 35.2 Å². The van der Waals surface area contributed by atoms with E-state index in [1.54, 1.807) is 24.5 Å². The van der Waals surface area contributed by atoms with Gasteiger partial charge in [-0.05, 0) is 24.1 Å². The molecule has 2 aromatic rings. The number of carbonyl (C=O) groups is 3. The third-order valence-electron chi connectivity index (χ3n) is 3.25. The minimum atomic E-state index is -0.856. The molecule has 0 spiro atoms.